The van der Waals surface area contributed by atoms with Gasteiger partial charge in [-0.2, -0.15) is 0 Å². The average molecular weight is 250 g/mol. The fourth-order valence-electron chi connectivity index (χ4n) is 3.50. The van der Waals surface area contributed by atoms with E-state index in [2.05, 4.69) is 70.2 Å². The van der Waals surface area contributed by atoms with Crippen molar-refractivity contribution >= 4 is 6.08 Å². The number of hydrogen-bond acceptors (Lipinski definition) is 0. The molecule has 1 unspecified atom stereocenters. The summed E-state index contributed by atoms with van der Waals surface area (Å²) in [5.74, 6) is 0.508. The molecule has 0 nitrogen and oxygen atoms in total. The van der Waals surface area contributed by atoms with Crippen molar-refractivity contribution < 1.29 is 0 Å². The highest BCUT2D eigenvalue weighted by Gasteiger charge is 2.36. The maximum atomic E-state index is 2.41. The van der Waals surface area contributed by atoms with Crippen LogP contribution in [0.1, 0.15) is 48.4 Å². The average Bonchev–Trinajstić information content (AvgIpc) is 3.02. The Kier molecular flexibility index (Phi) is 2.78. The number of hydrogen-bond donors (Lipinski definition) is 0. The van der Waals surface area contributed by atoms with Crippen molar-refractivity contribution in [2.45, 2.75) is 40.0 Å². The monoisotopic (exact) mass is 250 g/mol. The van der Waals surface area contributed by atoms with Gasteiger partial charge in [0.2, 0.25) is 0 Å². The van der Waals surface area contributed by atoms with Gasteiger partial charge in [-0.25, -0.2) is 0 Å². The van der Waals surface area contributed by atoms with Gasteiger partial charge in [0.25, 0.3) is 0 Å². The van der Waals surface area contributed by atoms with Gasteiger partial charge in [0.05, 0.1) is 0 Å². The highest BCUT2D eigenvalue weighted by atomic mass is 14.4. The predicted molar refractivity (Wildman–Crippen MR) is 83.3 cm³/mol. The first-order valence-electron chi connectivity index (χ1n) is 7.16. The standard InChI is InChI=1S/C19H22/c1-13-9-10-14(2)18-16(13)11-12-17(18)19(3,4)15-7-5-6-8-15/h5-7,9-12,17H,8H2,1-4H3. The third kappa shape index (κ3) is 1.82. The van der Waals surface area contributed by atoms with Gasteiger partial charge in [0.15, 0.2) is 0 Å². The summed E-state index contributed by atoms with van der Waals surface area (Å²) in [6, 6.07) is 4.51. The third-order valence-corrected chi connectivity index (χ3v) is 4.87. The number of aryl methyl sites for hydroxylation is 2. The number of allylic oxidation sites excluding steroid dienone is 5. The van der Waals surface area contributed by atoms with E-state index in [1.807, 2.05) is 0 Å². The highest BCUT2D eigenvalue weighted by Crippen LogP contribution is 2.50. The molecule has 98 valence electrons. The molecular weight excluding hydrogens is 228 g/mol. The van der Waals surface area contributed by atoms with Crippen LogP contribution in [0.4, 0.5) is 0 Å². The largest absolute Gasteiger partial charge is 0.0804 e. The summed E-state index contributed by atoms with van der Waals surface area (Å²) >= 11 is 0. The van der Waals surface area contributed by atoms with Crippen molar-refractivity contribution in [1.82, 2.24) is 0 Å². The zero-order valence-corrected chi connectivity index (χ0v) is 12.3. The molecule has 0 N–H and O–H groups in total. The maximum absolute atomic E-state index is 2.41. The third-order valence-electron chi connectivity index (χ3n) is 4.87. The maximum Gasteiger partial charge on any atom is 0.0119 e. The van der Waals surface area contributed by atoms with E-state index in [-0.39, 0.29) is 5.41 Å². The Morgan fingerprint density at radius 3 is 2.53 bits per heavy atom. The van der Waals surface area contributed by atoms with E-state index in [0.717, 1.165) is 6.42 Å². The summed E-state index contributed by atoms with van der Waals surface area (Å²) in [7, 11) is 0. The lowest BCUT2D eigenvalue weighted by molar-refractivity contribution is 0.394. The number of fused-ring (bicyclic) bond motifs is 1. The second kappa shape index (κ2) is 4.23. The minimum absolute atomic E-state index is 0.198. The van der Waals surface area contributed by atoms with Gasteiger partial charge in [-0.05, 0) is 47.9 Å². The first-order chi connectivity index (χ1) is 9.01. The lowest BCUT2D eigenvalue weighted by Crippen LogP contribution is -2.22. The Balaban J connectivity index is 2.08. The molecule has 0 aliphatic heterocycles. The summed E-state index contributed by atoms with van der Waals surface area (Å²) < 4.78 is 0. The van der Waals surface area contributed by atoms with E-state index >= 15 is 0 Å². The summed E-state index contributed by atoms with van der Waals surface area (Å²) in [5.41, 5.74) is 7.56. The first-order valence-corrected chi connectivity index (χ1v) is 7.16. The zero-order chi connectivity index (χ0) is 13.6. The molecule has 2 aliphatic carbocycles. The Labute approximate surface area is 116 Å². The van der Waals surface area contributed by atoms with E-state index in [0.29, 0.717) is 5.92 Å². The Hall–Kier alpha value is -1.56. The second-order valence-corrected chi connectivity index (χ2v) is 6.41. The molecule has 1 atom stereocenters. The SMILES string of the molecule is Cc1ccc(C)c2c1C=CC2C(C)(C)C1=CC=CC1. The van der Waals surface area contributed by atoms with Gasteiger partial charge < -0.3 is 0 Å². The molecule has 0 heterocycles. The molecule has 0 amide bonds. The van der Waals surface area contributed by atoms with E-state index < -0.39 is 0 Å². The normalized spacial score (nSPS) is 20.8. The molecule has 0 saturated carbocycles. The molecule has 0 bridgehead atoms. The van der Waals surface area contributed by atoms with Crippen molar-refractivity contribution in [2.24, 2.45) is 5.41 Å². The van der Waals surface area contributed by atoms with Crippen LogP contribution in [-0.2, 0) is 0 Å². The van der Waals surface area contributed by atoms with Crippen LogP contribution in [0, 0.1) is 19.3 Å². The molecule has 2 aliphatic rings. The molecular formula is C19H22. The lowest BCUT2D eigenvalue weighted by atomic mass is 9.69. The highest BCUT2D eigenvalue weighted by molar-refractivity contribution is 5.68. The van der Waals surface area contributed by atoms with E-state index in [4.69, 9.17) is 0 Å². The van der Waals surface area contributed by atoms with Crippen LogP contribution in [-0.4, -0.2) is 0 Å². The fraction of sp³-hybridized carbons (Fsp3) is 0.368. The topological polar surface area (TPSA) is 0 Å². The van der Waals surface area contributed by atoms with E-state index in [1.54, 1.807) is 5.57 Å². The summed E-state index contributed by atoms with van der Waals surface area (Å²) in [6.45, 7) is 9.24. The van der Waals surface area contributed by atoms with Crippen molar-refractivity contribution in [3.8, 4) is 0 Å². The smallest absolute Gasteiger partial charge is 0.0119 e. The minimum Gasteiger partial charge on any atom is -0.0804 e. The van der Waals surface area contributed by atoms with Gasteiger partial charge in [0.1, 0.15) is 0 Å². The van der Waals surface area contributed by atoms with Crippen LogP contribution in [0.25, 0.3) is 6.08 Å². The van der Waals surface area contributed by atoms with Crippen LogP contribution in [0.5, 0.6) is 0 Å². The number of rotatable bonds is 2. The predicted octanol–water partition coefficient (Wildman–Crippen LogP) is 5.33. The number of benzene rings is 1. The van der Waals surface area contributed by atoms with Crippen LogP contribution in [0.3, 0.4) is 0 Å². The van der Waals surface area contributed by atoms with E-state index in [1.165, 1.54) is 22.3 Å². The van der Waals surface area contributed by atoms with Crippen LogP contribution in [0.2, 0.25) is 0 Å². The molecule has 1 aromatic carbocycles. The quantitative estimate of drug-likeness (QED) is 0.666. The molecule has 3 rings (SSSR count). The van der Waals surface area contributed by atoms with Crippen LogP contribution >= 0.6 is 0 Å². The fourth-order valence-corrected chi connectivity index (χ4v) is 3.50. The molecule has 0 fully saturated rings. The Bertz CT molecular complexity index is 609. The summed E-state index contributed by atoms with van der Waals surface area (Å²) in [5, 5.41) is 0. The van der Waals surface area contributed by atoms with Crippen LogP contribution in [0.15, 0.2) is 42.0 Å². The van der Waals surface area contributed by atoms with Crippen molar-refractivity contribution in [1.29, 1.82) is 0 Å². The summed E-state index contributed by atoms with van der Waals surface area (Å²) in [6.07, 6.45) is 12.6. The summed E-state index contributed by atoms with van der Waals surface area (Å²) in [4.78, 5) is 0. The van der Waals surface area contributed by atoms with Crippen molar-refractivity contribution in [2.75, 3.05) is 0 Å². The molecule has 0 spiro atoms. The molecule has 1 aromatic rings. The Morgan fingerprint density at radius 2 is 1.84 bits per heavy atom. The molecule has 0 saturated heterocycles. The first kappa shape index (κ1) is 12.5. The molecule has 0 heteroatoms. The molecule has 19 heavy (non-hydrogen) atoms. The van der Waals surface area contributed by atoms with Crippen molar-refractivity contribution in [3.05, 3.63) is 64.3 Å². The van der Waals surface area contributed by atoms with Crippen molar-refractivity contribution in [3.63, 3.8) is 0 Å². The zero-order valence-electron chi connectivity index (χ0n) is 12.3. The van der Waals surface area contributed by atoms with E-state index in [9.17, 15) is 0 Å². The van der Waals surface area contributed by atoms with Gasteiger partial charge in [-0.15, -0.1) is 0 Å². The van der Waals surface area contributed by atoms with Gasteiger partial charge in [-0.1, -0.05) is 61.9 Å². The molecule has 0 aromatic heterocycles. The van der Waals surface area contributed by atoms with Gasteiger partial charge in [-0.3, -0.25) is 0 Å². The van der Waals surface area contributed by atoms with Gasteiger partial charge in [0, 0.05) is 5.92 Å². The molecule has 0 radical (unpaired) electrons. The second-order valence-electron chi connectivity index (χ2n) is 6.41. The minimum atomic E-state index is 0.198. The lowest BCUT2D eigenvalue weighted by Gasteiger charge is -2.34. The van der Waals surface area contributed by atoms with Gasteiger partial charge >= 0.3 is 0 Å². The Morgan fingerprint density at radius 1 is 1.11 bits per heavy atom. The van der Waals surface area contributed by atoms with Crippen LogP contribution < -0.4 is 0 Å².